The molecule has 0 amide bonds. The third-order valence-electron chi connectivity index (χ3n) is 6.16. The number of fused-ring (bicyclic) bond motifs is 1. The van der Waals surface area contributed by atoms with Gasteiger partial charge in [0.05, 0.1) is 34.5 Å². The van der Waals surface area contributed by atoms with Gasteiger partial charge in [-0.05, 0) is 42.3 Å². The Bertz CT molecular complexity index is 1750. The molecule has 0 fully saturated rings. The van der Waals surface area contributed by atoms with Crippen LogP contribution in [0.1, 0.15) is 25.0 Å². The third-order valence-corrected chi connectivity index (χ3v) is 6.16. The first-order valence-corrected chi connectivity index (χ1v) is 14.4. The molecule has 230 valence electrons. The van der Waals surface area contributed by atoms with Crippen LogP contribution in [0.3, 0.4) is 0 Å². The third kappa shape index (κ3) is 6.92. The van der Waals surface area contributed by atoms with E-state index in [0.29, 0.717) is 23.3 Å². The molecule has 4 aromatic rings. The van der Waals surface area contributed by atoms with E-state index in [0.717, 1.165) is 30.3 Å². The van der Waals surface area contributed by atoms with Crippen LogP contribution in [0.25, 0.3) is 17.1 Å². The highest BCUT2D eigenvalue weighted by Crippen LogP contribution is 2.46. The highest BCUT2D eigenvalue weighted by atomic mass is 32.2. The molecule has 3 heterocycles. The Labute approximate surface area is 242 Å². The van der Waals surface area contributed by atoms with Crippen molar-refractivity contribution >= 4 is 21.6 Å². The topological polar surface area (TPSA) is 126 Å². The van der Waals surface area contributed by atoms with E-state index in [9.17, 15) is 30.4 Å². The highest BCUT2D eigenvalue weighted by molar-refractivity contribution is 7.85. The average molecular weight is 629 g/mol. The van der Waals surface area contributed by atoms with Crippen molar-refractivity contribution in [1.82, 2.24) is 14.5 Å². The van der Waals surface area contributed by atoms with Gasteiger partial charge in [-0.2, -0.15) is 21.6 Å². The van der Waals surface area contributed by atoms with Gasteiger partial charge < -0.3 is 14.8 Å². The van der Waals surface area contributed by atoms with Crippen LogP contribution in [0.2, 0.25) is 0 Å². The molecule has 2 aromatic heterocycles. The molecular weight excluding hydrogens is 602 g/mol. The molecule has 0 spiro atoms. The largest absolute Gasteiger partial charge is 0.416 e. The Morgan fingerprint density at radius 3 is 2.33 bits per heavy atom. The number of nitrogens with zero attached hydrogens (tertiary/aromatic N) is 4. The molecular formula is C27H26F6N6O3S. The minimum Gasteiger partial charge on any atom is -0.343 e. The van der Waals surface area contributed by atoms with Gasteiger partial charge in [0, 0.05) is 18.8 Å². The van der Waals surface area contributed by atoms with Crippen molar-refractivity contribution in [1.29, 1.82) is 0 Å². The molecule has 43 heavy (non-hydrogen) atoms. The lowest BCUT2D eigenvalue weighted by molar-refractivity contribution is -0.139. The number of hydrogen-bond acceptors (Lipinski definition) is 7. The molecule has 0 aliphatic carbocycles. The summed E-state index contributed by atoms with van der Waals surface area (Å²) >= 11 is 0. The van der Waals surface area contributed by atoms with E-state index >= 15 is 4.39 Å². The molecule has 0 saturated carbocycles. The van der Waals surface area contributed by atoms with E-state index in [4.69, 9.17) is 10.3 Å². The number of nitrogens with one attached hydrogen (secondary N) is 1. The monoisotopic (exact) mass is 628 g/mol. The van der Waals surface area contributed by atoms with Crippen molar-refractivity contribution < 1.29 is 39.3 Å². The lowest BCUT2D eigenvalue weighted by Gasteiger charge is -2.38. The summed E-state index contributed by atoms with van der Waals surface area (Å²) in [5.74, 6) is -4.60. The summed E-state index contributed by atoms with van der Waals surface area (Å²) in [6.07, 6.45) is -1.33. The summed E-state index contributed by atoms with van der Waals surface area (Å²) in [6, 6.07) is 8.93. The Balaban J connectivity index is 0.000000782. The zero-order valence-corrected chi connectivity index (χ0v) is 23.7. The summed E-state index contributed by atoms with van der Waals surface area (Å²) in [4.78, 5) is 10.3. The molecule has 1 aliphatic rings. The van der Waals surface area contributed by atoms with Crippen LogP contribution in [0.5, 0.6) is 0 Å². The molecule has 5 rings (SSSR count). The predicted molar refractivity (Wildman–Crippen MR) is 147 cm³/mol. The molecule has 0 radical (unpaired) electrons. The van der Waals surface area contributed by atoms with Gasteiger partial charge in [-0.15, -0.1) is 0 Å². The van der Waals surface area contributed by atoms with Crippen LogP contribution in [0.4, 0.5) is 37.8 Å². The van der Waals surface area contributed by atoms with Gasteiger partial charge in [-0.25, -0.2) is 23.1 Å². The van der Waals surface area contributed by atoms with Crippen molar-refractivity contribution in [2.45, 2.75) is 25.8 Å². The van der Waals surface area contributed by atoms with E-state index in [1.165, 1.54) is 28.1 Å². The fourth-order valence-corrected chi connectivity index (χ4v) is 4.55. The van der Waals surface area contributed by atoms with E-state index in [-0.39, 0.29) is 24.0 Å². The number of hydrogen-bond donors (Lipinski definition) is 3. The zero-order valence-electron chi connectivity index (χ0n) is 22.9. The Morgan fingerprint density at radius 2 is 1.72 bits per heavy atom. The Hall–Kier alpha value is -4.15. The number of aromatic nitrogens is 3. The lowest BCUT2D eigenvalue weighted by atomic mass is 9.98. The van der Waals surface area contributed by atoms with Gasteiger partial charge in [0.1, 0.15) is 29.5 Å². The van der Waals surface area contributed by atoms with Crippen LogP contribution < -0.4 is 16.0 Å². The standard InChI is InChI=1S/C26H22F6N6.CH4O3S/c1-14(2)11-38-24-20(36-26(38,33)23-16(25(30,31)32)4-3-5-17(23)28)8-7-19(35-24)21-12-37(13-34-21)22-9-6-15(27)10-18(22)29;1-5(2,3)4/h3-10,12-14,36H,11,33H2,1-2H3;1H3,(H,2,3,4). The fourth-order valence-electron chi connectivity index (χ4n) is 4.55. The minimum absolute atomic E-state index is 0.0645. The first kappa shape index (κ1) is 31.8. The smallest absolute Gasteiger partial charge is 0.343 e. The van der Waals surface area contributed by atoms with Crippen LogP contribution in [-0.2, 0) is 22.1 Å². The van der Waals surface area contributed by atoms with Gasteiger partial charge >= 0.3 is 6.18 Å². The van der Waals surface area contributed by atoms with E-state index in [1.54, 1.807) is 12.1 Å². The van der Waals surface area contributed by atoms with Gasteiger partial charge in [0.2, 0.25) is 0 Å². The molecule has 0 saturated heterocycles. The second kappa shape index (κ2) is 11.5. The average Bonchev–Trinajstić information content (AvgIpc) is 3.45. The second-order valence-corrected chi connectivity index (χ2v) is 11.6. The molecule has 16 heteroatoms. The highest BCUT2D eigenvalue weighted by Gasteiger charge is 2.50. The first-order valence-electron chi connectivity index (χ1n) is 12.5. The molecule has 1 unspecified atom stereocenters. The van der Waals surface area contributed by atoms with Gasteiger partial charge in [0.15, 0.2) is 11.6 Å². The number of imidazole rings is 1. The molecule has 4 N–H and O–H groups in total. The van der Waals surface area contributed by atoms with Crippen LogP contribution in [-0.4, -0.2) is 40.3 Å². The van der Waals surface area contributed by atoms with Crippen LogP contribution in [0.15, 0.2) is 61.1 Å². The first-order chi connectivity index (χ1) is 19.9. The van der Waals surface area contributed by atoms with Crippen molar-refractivity contribution in [2.75, 3.05) is 23.0 Å². The fraction of sp³-hybridized carbons (Fsp3) is 0.259. The number of rotatable bonds is 5. The van der Waals surface area contributed by atoms with Crippen molar-refractivity contribution in [3.63, 3.8) is 0 Å². The molecule has 1 aliphatic heterocycles. The van der Waals surface area contributed by atoms with Crippen molar-refractivity contribution in [3.05, 3.63) is 89.6 Å². The number of halogens is 6. The van der Waals surface area contributed by atoms with E-state index in [1.807, 2.05) is 13.8 Å². The predicted octanol–water partition coefficient (Wildman–Crippen LogP) is 5.53. The number of anilines is 2. The van der Waals surface area contributed by atoms with Gasteiger partial charge in [0.25, 0.3) is 10.1 Å². The maximum atomic E-state index is 15.0. The maximum absolute atomic E-state index is 15.0. The molecule has 2 aromatic carbocycles. The van der Waals surface area contributed by atoms with E-state index in [2.05, 4.69) is 15.3 Å². The summed E-state index contributed by atoms with van der Waals surface area (Å²) in [6.45, 7) is 3.83. The van der Waals surface area contributed by atoms with Gasteiger partial charge in [-0.3, -0.25) is 10.3 Å². The number of pyridine rings is 1. The summed E-state index contributed by atoms with van der Waals surface area (Å²) in [5.41, 5.74) is 5.61. The minimum atomic E-state index is -4.86. The SMILES string of the molecule is CC(C)CN1c2nc(-c3cn(-c4ccc(F)cc4F)cn3)ccc2NC1(N)c1c(F)cccc1C(F)(F)F.CS(=O)(=O)O. The van der Waals surface area contributed by atoms with Crippen LogP contribution in [0, 0.1) is 23.4 Å². The Kier molecular flexibility index (Phi) is 8.50. The molecule has 1 atom stereocenters. The summed E-state index contributed by atoms with van der Waals surface area (Å²) in [5, 5.41) is 2.85. The van der Waals surface area contributed by atoms with Gasteiger partial charge in [-0.1, -0.05) is 19.9 Å². The maximum Gasteiger partial charge on any atom is 0.416 e. The Morgan fingerprint density at radius 1 is 1.05 bits per heavy atom. The normalized spacial score (nSPS) is 16.5. The summed E-state index contributed by atoms with van der Waals surface area (Å²) < 4.78 is 112. The zero-order chi connectivity index (χ0) is 31.9. The quantitative estimate of drug-likeness (QED) is 0.195. The lowest BCUT2D eigenvalue weighted by Crippen LogP contribution is -2.58. The van der Waals surface area contributed by atoms with Crippen molar-refractivity contribution in [3.8, 4) is 17.1 Å². The number of benzene rings is 2. The van der Waals surface area contributed by atoms with Crippen molar-refractivity contribution in [2.24, 2.45) is 11.7 Å². The van der Waals surface area contributed by atoms with Crippen LogP contribution >= 0.6 is 0 Å². The summed E-state index contributed by atoms with van der Waals surface area (Å²) in [7, 11) is -3.67. The number of nitrogens with two attached hydrogens (primary N) is 1. The molecule has 9 nitrogen and oxygen atoms in total. The molecule has 0 bridgehead atoms. The second-order valence-electron chi connectivity index (χ2n) is 10.1. The van der Waals surface area contributed by atoms with E-state index < -0.39 is 50.7 Å². The number of alkyl halides is 3.